The van der Waals surface area contributed by atoms with Crippen LogP contribution in [0.1, 0.15) is 33.4 Å². The van der Waals surface area contributed by atoms with Crippen molar-refractivity contribution >= 4 is 0 Å². The lowest BCUT2D eigenvalue weighted by molar-refractivity contribution is 1.22. The van der Waals surface area contributed by atoms with Gasteiger partial charge in [-0.1, -0.05) is 0 Å². The summed E-state index contributed by atoms with van der Waals surface area (Å²) in [7, 11) is 0. The van der Waals surface area contributed by atoms with Crippen LogP contribution in [-0.4, -0.2) is 0 Å². The molecule has 0 aliphatic heterocycles. The van der Waals surface area contributed by atoms with E-state index in [0.29, 0.717) is 33.4 Å². The van der Waals surface area contributed by atoms with Gasteiger partial charge in [-0.2, -0.15) is 15.8 Å². The highest BCUT2D eigenvalue weighted by Crippen LogP contribution is 2.25. The van der Waals surface area contributed by atoms with E-state index in [1.54, 1.807) is 20.8 Å². The molecule has 0 aliphatic rings. The highest BCUT2D eigenvalue weighted by molar-refractivity contribution is 5.62. The fourth-order valence-corrected chi connectivity index (χ4v) is 1.72. The Balaban J connectivity index is 3.88. The Hall–Kier alpha value is -2.31. The van der Waals surface area contributed by atoms with E-state index in [0.717, 1.165) is 0 Å². The summed E-state index contributed by atoms with van der Waals surface area (Å²) in [6.07, 6.45) is 0. The van der Waals surface area contributed by atoms with E-state index < -0.39 is 0 Å². The van der Waals surface area contributed by atoms with E-state index in [1.165, 1.54) is 0 Å². The van der Waals surface area contributed by atoms with Gasteiger partial charge in [0.15, 0.2) is 0 Å². The van der Waals surface area contributed by atoms with E-state index in [-0.39, 0.29) is 0 Å². The molecular formula is C12H9N3. The van der Waals surface area contributed by atoms with Crippen molar-refractivity contribution in [3.63, 3.8) is 0 Å². The highest BCUT2D eigenvalue weighted by Gasteiger charge is 2.16. The molecule has 1 aromatic rings. The van der Waals surface area contributed by atoms with Crippen molar-refractivity contribution in [2.45, 2.75) is 20.8 Å². The van der Waals surface area contributed by atoms with Crippen LogP contribution < -0.4 is 0 Å². The molecule has 1 aromatic carbocycles. The average Bonchev–Trinajstić information content (AvgIpc) is 2.19. The summed E-state index contributed by atoms with van der Waals surface area (Å²) in [6, 6.07) is 6.11. The molecule has 0 aromatic heterocycles. The summed E-state index contributed by atoms with van der Waals surface area (Å²) in [5.74, 6) is 0. The molecule has 0 heterocycles. The van der Waals surface area contributed by atoms with Gasteiger partial charge in [-0.15, -0.1) is 0 Å². The molecule has 15 heavy (non-hydrogen) atoms. The van der Waals surface area contributed by atoms with Crippen molar-refractivity contribution in [1.29, 1.82) is 15.8 Å². The van der Waals surface area contributed by atoms with Crippen LogP contribution in [0.25, 0.3) is 0 Å². The van der Waals surface area contributed by atoms with Crippen LogP contribution in [0, 0.1) is 54.8 Å². The van der Waals surface area contributed by atoms with E-state index in [9.17, 15) is 0 Å². The molecule has 0 saturated carbocycles. The standard InChI is InChI=1S/C12H9N3/c1-7-10(4-13)8(2)12(6-15)9(3)11(7)5-14/h1-3H3. The number of hydrogen-bond acceptors (Lipinski definition) is 3. The summed E-state index contributed by atoms with van der Waals surface area (Å²) in [4.78, 5) is 0. The Bertz CT molecular complexity index is 446. The maximum atomic E-state index is 8.96. The molecule has 0 amide bonds. The van der Waals surface area contributed by atoms with Crippen LogP contribution >= 0.6 is 0 Å². The third-order valence-corrected chi connectivity index (χ3v) is 2.59. The van der Waals surface area contributed by atoms with Crippen LogP contribution in [0.4, 0.5) is 0 Å². The second-order valence-electron chi connectivity index (χ2n) is 3.34. The first-order valence-corrected chi connectivity index (χ1v) is 4.42. The van der Waals surface area contributed by atoms with Crippen LogP contribution in [-0.2, 0) is 0 Å². The Kier molecular flexibility index (Phi) is 2.75. The average molecular weight is 195 g/mol. The van der Waals surface area contributed by atoms with E-state index in [2.05, 4.69) is 0 Å². The van der Waals surface area contributed by atoms with Gasteiger partial charge in [-0.05, 0) is 37.5 Å². The zero-order valence-electron chi connectivity index (χ0n) is 8.84. The largest absolute Gasteiger partial charge is 0.192 e. The van der Waals surface area contributed by atoms with Crippen molar-refractivity contribution in [1.82, 2.24) is 0 Å². The second kappa shape index (κ2) is 3.82. The van der Waals surface area contributed by atoms with Gasteiger partial charge in [-0.25, -0.2) is 0 Å². The zero-order valence-corrected chi connectivity index (χ0v) is 8.84. The lowest BCUT2D eigenvalue weighted by Gasteiger charge is -2.10. The monoisotopic (exact) mass is 195 g/mol. The molecular weight excluding hydrogens is 186 g/mol. The third kappa shape index (κ3) is 1.43. The number of rotatable bonds is 0. The number of nitrogens with zero attached hydrogens (tertiary/aromatic N) is 3. The molecule has 0 atom stereocenters. The maximum Gasteiger partial charge on any atom is 0.0998 e. The molecule has 72 valence electrons. The number of hydrogen-bond donors (Lipinski definition) is 0. The van der Waals surface area contributed by atoms with Gasteiger partial charge in [0, 0.05) is 0 Å². The van der Waals surface area contributed by atoms with E-state index in [1.807, 2.05) is 18.2 Å². The fraction of sp³-hybridized carbons (Fsp3) is 0.250. The van der Waals surface area contributed by atoms with Crippen LogP contribution in [0.2, 0.25) is 0 Å². The Morgan fingerprint density at radius 3 is 0.933 bits per heavy atom. The van der Waals surface area contributed by atoms with Crippen LogP contribution in [0.15, 0.2) is 0 Å². The number of benzene rings is 1. The van der Waals surface area contributed by atoms with Crippen molar-refractivity contribution in [3.05, 3.63) is 33.4 Å². The predicted molar refractivity (Wildman–Crippen MR) is 54.8 cm³/mol. The topological polar surface area (TPSA) is 71.4 Å². The van der Waals surface area contributed by atoms with Crippen molar-refractivity contribution in [2.75, 3.05) is 0 Å². The molecule has 3 heteroatoms. The van der Waals surface area contributed by atoms with E-state index in [4.69, 9.17) is 15.8 Å². The minimum Gasteiger partial charge on any atom is -0.192 e. The first-order chi connectivity index (χ1) is 7.08. The lowest BCUT2D eigenvalue weighted by atomic mass is 9.90. The molecule has 0 aliphatic carbocycles. The van der Waals surface area contributed by atoms with Crippen molar-refractivity contribution in [2.24, 2.45) is 0 Å². The zero-order chi connectivity index (χ0) is 11.6. The molecule has 0 radical (unpaired) electrons. The SMILES string of the molecule is Cc1c(C#N)c(C)c(C#N)c(C)c1C#N. The first-order valence-electron chi connectivity index (χ1n) is 4.42. The Labute approximate surface area is 88.8 Å². The molecule has 0 N–H and O–H groups in total. The summed E-state index contributed by atoms with van der Waals surface area (Å²) in [6.45, 7) is 5.20. The first kappa shape index (κ1) is 10.8. The second-order valence-corrected chi connectivity index (χ2v) is 3.34. The molecule has 0 fully saturated rings. The Morgan fingerprint density at radius 1 is 0.600 bits per heavy atom. The maximum absolute atomic E-state index is 8.96. The van der Waals surface area contributed by atoms with Crippen LogP contribution in [0.3, 0.4) is 0 Å². The third-order valence-electron chi connectivity index (χ3n) is 2.59. The molecule has 3 nitrogen and oxygen atoms in total. The van der Waals surface area contributed by atoms with Crippen molar-refractivity contribution in [3.8, 4) is 18.2 Å². The quantitative estimate of drug-likeness (QED) is 0.637. The Morgan fingerprint density at radius 2 is 0.800 bits per heavy atom. The molecule has 0 unspecified atom stereocenters. The molecule has 0 bridgehead atoms. The van der Waals surface area contributed by atoms with Gasteiger partial charge in [-0.3, -0.25) is 0 Å². The summed E-state index contributed by atoms with van der Waals surface area (Å²) < 4.78 is 0. The van der Waals surface area contributed by atoms with Gasteiger partial charge in [0.2, 0.25) is 0 Å². The normalized spacial score (nSPS) is 8.80. The molecule has 1 rings (SSSR count). The minimum atomic E-state index is 0.439. The predicted octanol–water partition coefficient (Wildman–Crippen LogP) is 2.23. The van der Waals surface area contributed by atoms with Gasteiger partial charge in [0.05, 0.1) is 34.9 Å². The van der Waals surface area contributed by atoms with Gasteiger partial charge >= 0.3 is 0 Å². The number of nitriles is 3. The minimum absolute atomic E-state index is 0.439. The summed E-state index contributed by atoms with van der Waals surface area (Å²) >= 11 is 0. The lowest BCUT2D eigenvalue weighted by Crippen LogP contribution is -2.01. The van der Waals surface area contributed by atoms with Gasteiger partial charge < -0.3 is 0 Å². The summed E-state index contributed by atoms with van der Waals surface area (Å²) in [5, 5.41) is 26.9. The van der Waals surface area contributed by atoms with Crippen LogP contribution in [0.5, 0.6) is 0 Å². The highest BCUT2D eigenvalue weighted by atomic mass is 14.3. The fourth-order valence-electron chi connectivity index (χ4n) is 1.72. The summed E-state index contributed by atoms with van der Waals surface area (Å²) in [5.41, 5.74) is 3.30. The van der Waals surface area contributed by atoms with Gasteiger partial charge in [0.1, 0.15) is 0 Å². The van der Waals surface area contributed by atoms with Gasteiger partial charge in [0.25, 0.3) is 0 Å². The van der Waals surface area contributed by atoms with E-state index >= 15 is 0 Å². The molecule has 0 saturated heterocycles. The van der Waals surface area contributed by atoms with Crippen molar-refractivity contribution < 1.29 is 0 Å². The smallest absolute Gasteiger partial charge is 0.0998 e. The molecule has 0 spiro atoms.